The van der Waals surface area contributed by atoms with Gasteiger partial charge in [-0.1, -0.05) is 0 Å². The van der Waals surface area contributed by atoms with Crippen LogP contribution in [0.1, 0.15) is 52.4 Å². The van der Waals surface area contributed by atoms with Gasteiger partial charge in [0.05, 0.1) is 19.1 Å². The molecule has 3 saturated heterocycles. The zero-order chi connectivity index (χ0) is 21.9. The minimum absolute atomic E-state index is 0.000326. The van der Waals surface area contributed by atoms with Crippen LogP contribution in [0.15, 0.2) is 0 Å². The zero-order valence-corrected chi connectivity index (χ0v) is 17.9. The Labute approximate surface area is 176 Å². The Morgan fingerprint density at radius 1 is 1.17 bits per heavy atom. The standard InChI is InChI=1S/C21H34F3N3O3/c1-14(2)25-18(28)11-17-20-15(10-19(29)26-7-3-4-8-26)12-27(16(20)13-30-17)9-5-6-21(22,23)24/h14-17,20H,3-13H2,1-2H3,(H,25,28)/t15-,16-,17+,20-/m1/s1. The third-order valence-corrected chi connectivity index (χ3v) is 6.47. The molecule has 30 heavy (non-hydrogen) atoms. The fraction of sp³-hybridized carbons (Fsp3) is 0.905. The molecule has 0 saturated carbocycles. The highest BCUT2D eigenvalue weighted by Crippen LogP contribution is 2.42. The van der Waals surface area contributed by atoms with Gasteiger partial charge in [0.2, 0.25) is 11.8 Å². The Morgan fingerprint density at radius 3 is 2.50 bits per heavy atom. The highest BCUT2D eigenvalue weighted by Gasteiger charge is 2.51. The first-order chi connectivity index (χ1) is 14.1. The fourth-order valence-corrected chi connectivity index (χ4v) is 5.24. The molecule has 0 aromatic heterocycles. The highest BCUT2D eigenvalue weighted by molar-refractivity contribution is 5.77. The number of rotatable bonds is 8. The van der Waals surface area contributed by atoms with Crippen molar-refractivity contribution >= 4 is 11.8 Å². The molecular formula is C21H34F3N3O3. The van der Waals surface area contributed by atoms with Crippen molar-refractivity contribution in [3.63, 3.8) is 0 Å². The molecule has 0 spiro atoms. The Hall–Kier alpha value is -1.35. The summed E-state index contributed by atoms with van der Waals surface area (Å²) in [4.78, 5) is 29.0. The van der Waals surface area contributed by atoms with Gasteiger partial charge in [0.15, 0.2) is 0 Å². The van der Waals surface area contributed by atoms with Crippen molar-refractivity contribution in [3.05, 3.63) is 0 Å². The monoisotopic (exact) mass is 433 g/mol. The minimum Gasteiger partial charge on any atom is -0.376 e. The number of nitrogens with one attached hydrogen (secondary N) is 1. The smallest absolute Gasteiger partial charge is 0.376 e. The molecule has 0 unspecified atom stereocenters. The molecule has 0 aromatic carbocycles. The minimum atomic E-state index is -4.16. The second-order valence-corrected chi connectivity index (χ2v) is 9.21. The van der Waals surface area contributed by atoms with Gasteiger partial charge in [-0.15, -0.1) is 0 Å². The molecule has 0 aliphatic carbocycles. The van der Waals surface area contributed by atoms with Crippen molar-refractivity contribution in [2.24, 2.45) is 11.8 Å². The number of nitrogens with zero attached hydrogens (tertiary/aromatic N) is 2. The van der Waals surface area contributed by atoms with E-state index >= 15 is 0 Å². The fourth-order valence-electron chi connectivity index (χ4n) is 5.24. The number of carbonyl (C=O) groups excluding carboxylic acids is 2. The van der Waals surface area contributed by atoms with Gasteiger partial charge in [-0.2, -0.15) is 13.2 Å². The van der Waals surface area contributed by atoms with Gasteiger partial charge >= 0.3 is 6.18 Å². The summed E-state index contributed by atoms with van der Waals surface area (Å²) in [6.45, 7) is 6.70. The van der Waals surface area contributed by atoms with Crippen molar-refractivity contribution < 1.29 is 27.5 Å². The molecule has 3 aliphatic heterocycles. The number of hydrogen-bond acceptors (Lipinski definition) is 4. The zero-order valence-electron chi connectivity index (χ0n) is 17.9. The summed E-state index contributed by atoms with van der Waals surface area (Å²) in [7, 11) is 0. The van der Waals surface area contributed by atoms with Crippen LogP contribution >= 0.6 is 0 Å². The quantitative estimate of drug-likeness (QED) is 0.639. The number of likely N-dealkylation sites (tertiary alicyclic amines) is 2. The SMILES string of the molecule is CC(C)NC(=O)C[C@@H]1OC[C@@H]2[C@H]1[C@H](CC(=O)N1CCCC1)CN2CCCC(F)(F)F. The number of fused-ring (bicyclic) bond motifs is 1. The van der Waals surface area contributed by atoms with Gasteiger partial charge in [0.1, 0.15) is 0 Å². The summed E-state index contributed by atoms with van der Waals surface area (Å²) >= 11 is 0. The molecule has 6 nitrogen and oxygen atoms in total. The average Bonchev–Trinajstić information content (AvgIpc) is 3.33. The summed E-state index contributed by atoms with van der Waals surface area (Å²) in [6.07, 6.45) is -2.57. The van der Waals surface area contributed by atoms with Gasteiger partial charge < -0.3 is 15.0 Å². The van der Waals surface area contributed by atoms with E-state index in [1.165, 1.54) is 0 Å². The number of carbonyl (C=O) groups is 2. The van der Waals surface area contributed by atoms with Gasteiger partial charge in [0, 0.05) is 50.5 Å². The van der Waals surface area contributed by atoms with Crippen LogP contribution in [-0.4, -0.2) is 78.8 Å². The van der Waals surface area contributed by atoms with Gasteiger partial charge in [-0.05, 0) is 45.6 Å². The lowest BCUT2D eigenvalue weighted by Gasteiger charge is -2.25. The van der Waals surface area contributed by atoms with E-state index in [2.05, 4.69) is 10.2 Å². The maximum atomic E-state index is 12.8. The van der Waals surface area contributed by atoms with Gasteiger partial charge in [-0.25, -0.2) is 0 Å². The van der Waals surface area contributed by atoms with Crippen LogP contribution in [0.3, 0.4) is 0 Å². The molecule has 0 radical (unpaired) electrons. The van der Waals surface area contributed by atoms with Crippen LogP contribution in [0.2, 0.25) is 0 Å². The van der Waals surface area contributed by atoms with E-state index in [4.69, 9.17) is 4.74 Å². The van der Waals surface area contributed by atoms with Crippen LogP contribution in [0.25, 0.3) is 0 Å². The van der Waals surface area contributed by atoms with Gasteiger partial charge in [0.25, 0.3) is 0 Å². The maximum Gasteiger partial charge on any atom is 0.389 e. The average molecular weight is 434 g/mol. The Balaban J connectivity index is 1.65. The predicted octanol–water partition coefficient (Wildman–Crippen LogP) is 2.57. The number of halogens is 3. The van der Waals surface area contributed by atoms with Crippen LogP contribution in [-0.2, 0) is 14.3 Å². The number of alkyl halides is 3. The normalized spacial score (nSPS) is 29.6. The third-order valence-electron chi connectivity index (χ3n) is 6.47. The number of amides is 2. The topological polar surface area (TPSA) is 61.9 Å². The molecule has 1 N–H and O–H groups in total. The van der Waals surface area contributed by atoms with Crippen molar-refractivity contribution in [3.8, 4) is 0 Å². The Bertz CT molecular complexity index is 608. The van der Waals surface area contributed by atoms with E-state index in [0.29, 0.717) is 26.1 Å². The third kappa shape index (κ3) is 6.09. The maximum absolute atomic E-state index is 12.8. The van der Waals surface area contributed by atoms with E-state index in [0.717, 1.165) is 25.9 Å². The summed E-state index contributed by atoms with van der Waals surface area (Å²) in [6, 6.07) is 0.0103. The van der Waals surface area contributed by atoms with Crippen LogP contribution in [0.4, 0.5) is 13.2 Å². The van der Waals surface area contributed by atoms with Crippen molar-refractivity contribution in [2.75, 3.05) is 32.8 Å². The summed E-state index contributed by atoms with van der Waals surface area (Å²) < 4.78 is 43.7. The molecule has 3 heterocycles. The van der Waals surface area contributed by atoms with Crippen molar-refractivity contribution in [2.45, 2.75) is 76.7 Å². The summed E-state index contributed by atoms with van der Waals surface area (Å²) in [5, 5.41) is 2.88. The predicted molar refractivity (Wildman–Crippen MR) is 106 cm³/mol. The van der Waals surface area contributed by atoms with E-state index in [1.807, 2.05) is 18.7 Å². The molecule has 3 aliphatic rings. The molecule has 0 aromatic rings. The van der Waals surface area contributed by atoms with E-state index in [1.54, 1.807) is 0 Å². The van der Waals surface area contributed by atoms with E-state index in [9.17, 15) is 22.8 Å². The lowest BCUT2D eigenvalue weighted by atomic mass is 9.84. The number of ether oxygens (including phenoxy) is 1. The molecule has 9 heteroatoms. The first-order valence-electron chi connectivity index (χ1n) is 11.1. The van der Waals surface area contributed by atoms with Gasteiger partial charge in [-0.3, -0.25) is 14.5 Å². The Morgan fingerprint density at radius 2 is 1.87 bits per heavy atom. The van der Waals surface area contributed by atoms with Crippen LogP contribution < -0.4 is 5.32 Å². The van der Waals surface area contributed by atoms with E-state index in [-0.39, 0.29) is 54.7 Å². The molecule has 172 valence electrons. The largest absolute Gasteiger partial charge is 0.389 e. The number of hydrogen-bond donors (Lipinski definition) is 1. The molecule has 2 amide bonds. The van der Waals surface area contributed by atoms with Crippen molar-refractivity contribution in [1.82, 2.24) is 15.1 Å². The molecular weight excluding hydrogens is 399 g/mol. The van der Waals surface area contributed by atoms with Crippen LogP contribution in [0, 0.1) is 11.8 Å². The lowest BCUT2D eigenvalue weighted by Crippen LogP contribution is -2.38. The molecule has 0 bridgehead atoms. The lowest BCUT2D eigenvalue weighted by molar-refractivity contribution is -0.136. The Kier molecular flexibility index (Phi) is 7.66. The molecule has 3 fully saturated rings. The molecule has 4 atom stereocenters. The first-order valence-corrected chi connectivity index (χ1v) is 11.1. The summed E-state index contributed by atoms with van der Waals surface area (Å²) in [5.74, 6) is 0.0372. The second-order valence-electron chi connectivity index (χ2n) is 9.21. The highest BCUT2D eigenvalue weighted by atomic mass is 19.4. The summed E-state index contributed by atoms with van der Waals surface area (Å²) in [5.41, 5.74) is 0. The second kappa shape index (κ2) is 9.85. The van der Waals surface area contributed by atoms with E-state index < -0.39 is 12.6 Å². The van der Waals surface area contributed by atoms with Crippen LogP contribution in [0.5, 0.6) is 0 Å². The molecule has 3 rings (SSSR count). The van der Waals surface area contributed by atoms with Crippen molar-refractivity contribution in [1.29, 1.82) is 0 Å². The first kappa shape index (κ1) is 23.3.